The monoisotopic (exact) mass is 747 g/mol. The number of nitrogens with zero attached hydrogens (tertiary/aromatic N) is 4. The lowest BCUT2D eigenvalue weighted by Crippen LogP contribution is -2.51. The molecule has 4 heterocycles. The number of carbonyl (C=O) groups excluding carboxylic acids is 2. The van der Waals surface area contributed by atoms with Gasteiger partial charge < -0.3 is 25.8 Å². The van der Waals surface area contributed by atoms with Gasteiger partial charge in [-0.25, -0.2) is 17.7 Å². The number of likely N-dealkylation sites (tertiary alicyclic amines) is 1. The maximum absolute atomic E-state index is 13.3. The third-order valence-electron chi connectivity index (χ3n) is 11.1. The standard InChI is InChI=1S/C37H45N7O4S3/c1-51(47,48)43-13-7-29(8-14-43)44-24-31(26-3-2-4-27(20-26)33(38)49)30-6-5-25(19-32(30)44)23-41-34(45)28-21-37(22-28)9-15-42(16-10-37)17-11-39-35(46)36-40-12-18-50-36/h2-6,12,18-20,24,28-29H,7-11,13-17,21-23H2,1H3,(H2,38,49)(H,39,46)(H,41,45). The van der Waals surface area contributed by atoms with Crippen LogP contribution in [-0.2, 0) is 21.4 Å². The van der Waals surface area contributed by atoms with E-state index in [0.717, 1.165) is 91.3 Å². The van der Waals surface area contributed by atoms with E-state index in [0.29, 0.717) is 36.2 Å². The molecule has 2 aliphatic heterocycles. The van der Waals surface area contributed by atoms with Crippen LogP contribution in [0.2, 0.25) is 0 Å². The Balaban J connectivity index is 0.970. The SMILES string of the molecule is CS(=O)(=O)N1CCC(n2cc(-c3cccc(C(N)=S)c3)c3ccc(CNC(=O)C4CC5(CCN(CCNC(=O)c6nccs6)CC5)C4)cc32)CC1. The molecule has 0 radical (unpaired) electrons. The molecule has 1 spiro atoms. The minimum atomic E-state index is -3.23. The van der Waals surface area contributed by atoms with Gasteiger partial charge in [-0.05, 0) is 80.3 Å². The van der Waals surface area contributed by atoms with E-state index in [4.69, 9.17) is 18.0 Å². The Morgan fingerprint density at radius 3 is 2.51 bits per heavy atom. The Morgan fingerprint density at radius 1 is 1.06 bits per heavy atom. The maximum Gasteiger partial charge on any atom is 0.280 e. The zero-order valence-electron chi connectivity index (χ0n) is 28.8. The molecule has 14 heteroatoms. The Kier molecular flexibility index (Phi) is 10.3. The summed E-state index contributed by atoms with van der Waals surface area (Å²) < 4.78 is 28.2. The lowest BCUT2D eigenvalue weighted by Gasteiger charge is -2.51. The van der Waals surface area contributed by atoms with Gasteiger partial charge in [0.15, 0.2) is 5.01 Å². The minimum Gasteiger partial charge on any atom is -0.389 e. The summed E-state index contributed by atoms with van der Waals surface area (Å²) >= 11 is 6.60. The quantitative estimate of drug-likeness (QED) is 0.190. The predicted molar refractivity (Wildman–Crippen MR) is 205 cm³/mol. The van der Waals surface area contributed by atoms with Gasteiger partial charge >= 0.3 is 0 Å². The van der Waals surface area contributed by atoms with Crippen molar-refractivity contribution in [2.75, 3.05) is 45.5 Å². The van der Waals surface area contributed by atoms with Crippen molar-refractivity contribution in [2.24, 2.45) is 17.1 Å². The lowest BCUT2D eigenvalue weighted by molar-refractivity contribution is -0.135. The van der Waals surface area contributed by atoms with Crippen molar-refractivity contribution < 1.29 is 18.0 Å². The highest BCUT2D eigenvalue weighted by Gasteiger charge is 2.48. The van der Waals surface area contributed by atoms with Gasteiger partial charge in [-0.1, -0.05) is 42.5 Å². The van der Waals surface area contributed by atoms with Crippen LogP contribution in [0.3, 0.4) is 0 Å². The molecule has 1 saturated carbocycles. The molecule has 11 nitrogen and oxygen atoms in total. The second-order valence-electron chi connectivity index (χ2n) is 14.4. The average Bonchev–Trinajstić information content (AvgIpc) is 3.79. The summed E-state index contributed by atoms with van der Waals surface area (Å²) in [4.78, 5) is 32.3. The van der Waals surface area contributed by atoms with Crippen molar-refractivity contribution >= 4 is 61.3 Å². The van der Waals surface area contributed by atoms with E-state index in [9.17, 15) is 18.0 Å². The fourth-order valence-electron chi connectivity index (χ4n) is 8.13. The fourth-order valence-corrected chi connectivity index (χ4v) is 9.69. The van der Waals surface area contributed by atoms with E-state index in [-0.39, 0.29) is 29.2 Å². The van der Waals surface area contributed by atoms with Gasteiger partial charge in [-0.15, -0.1) is 11.3 Å². The number of nitrogens with one attached hydrogen (secondary N) is 2. The molecule has 3 fully saturated rings. The summed E-state index contributed by atoms with van der Waals surface area (Å²) in [6, 6.07) is 14.5. The molecule has 2 amide bonds. The summed E-state index contributed by atoms with van der Waals surface area (Å²) in [5.41, 5.74) is 11.2. The molecule has 0 bridgehead atoms. The molecule has 7 rings (SSSR count). The van der Waals surface area contributed by atoms with Crippen molar-refractivity contribution in [1.82, 2.24) is 29.4 Å². The maximum atomic E-state index is 13.3. The van der Waals surface area contributed by atoms with E-state index < -0.39 is 10.0 Å². The molecular weight excluding hydrogens is 703 g/mol. The zero-order chi connectivity index (χ0) is 35.8. The number of benzene rings is 2. The number of amides is 2. The van der Waals surface area contributed by atoms with Crippen molar-refractivity contribution in [3.8, 4) is 11.1 Å². The largest absolute Gasteiger partial charge is 0.389 e. The normalized spacial score (nSPS) is 18.8. The first-order chi connectivity index (χ1) is 24.5. The highest BCUT2D eigenvalue weighted by molar-refractivity contribution is 7.88. The Bertz CT molecular complexity index is 2020. The van der Waals surface area contributed by atoms with Crippen LogP contribution < -0.4 is 16.4 Å². The molecule has 0 atom stereocenters. The number of fused-ring (bicyclic) bond motifs is 1. The topological polar surface area (TPSA) is 143 Å². The van der Waals surface area contributed by atoms with E-state index in [1.54, 1.807) is 15.9 Å². The van der Waals surface area contributed by atoms with E-state index >= 15 is 0 Å². The van der Waals surface area contributed by atoms with Gasteiger partial charge in [-0.2, -0.15) is 0 Å². The minimum absolute atomic E-state index is 0.0363. The van der Waals surface area contributed by atoms with E-state index in [2.05, 4.69) is 55.5 Å². The second kappa shape index (κ2) is 14.7. The summed E-state index contributed by atoms with van der Waals surface area (Å²) in [7, 11) is -3.23. The molecule has 270 valence electrons. The van der Waals surface area contributed by atoms with Crippen molar-refractivity contribution in [2.45, 2.75) is 51.1 Å². The van der Waals surface area contributed by atoms with Crippen LogP contribution in [-0.4, -0.2) is 89.5 Å². The van der Waals surface area contributed by atoms with Crippen LogP contribution >= 0.6 is 23.6 Å². The van der Waals surface area contributed by atoms with E-state index in [1.165, 1.54) is 17.6 Å². The van der Waals surface area contributed by atoms with Crippen LogP contribution in [0, 0.1) is 11.3 Å². The molecule has 4 aromatic rings. The highest BCUT2D eigenvalue weighted by atomic mass is 32.2. The molecule has 4 N–H and O–H groups in total. The molecular formula is C37H45N7O4S3. The van der Waals surface area contributed by atoms with Crippen molar-refractivity contribution in [3.05, 3.63) is 76.4 Å². The zero-order valence-corrected chi connectivity index (χ0v) is 31.3. The highest BCUT2D eigenvalue weighted by Crippen LogP contribution is 2.52. The smallest absolute Gasteiger partial charge is 0.280 e. The summed E-state index contributed by atoms with van der Waals surface area (Å²) in [6.45, 7) is 4.81. The Hall–Kier alpha value is -3.69. The third-order valence-corrected chi connectivity index (χ3v) is 13.4. The van der Waals surface area contributed by atoms with Crippen molar-refractivity contribution in [3.63, 3.8) is 0 Å². The number of sulfonamides is 1. The number of nitrogens with two attached hydrogens (primary N) is 1. The van der Waals surface area contributed by atoms with Gasteiger partial charge in [0.2, 0.25) is 15.9 Å². The molecule has 51 heavy (non-hydrogen) atoms. The Morgan fingerprint density at radius 2 is 1.82 bits per heavy atom. The molecule has 2 saturated heterocycles. The van der Waals surface area contributed by atoms with Crippen LogP contribution in [0.1, 0.15) is 65.5 Å². The molecule has 1 aliphatic carbocycles. The first-order valence-electron chi connectivity index (χ1n) is 17.6. The predicted octanol–water partition coefficient (Wildman–Crippen LogP) is 4.53. The molecule has 0 unspecified atom stereocenters. The average molecular weight is 748 g/mol. The van der Waals surface area contributed by atoms with Crippen LogP contribution in [0.15, 0.2) is 60.2 Å². The lowest BCUT2D eigenvalue weighted by atomic mass is 9.57. The van der Waals surface area contributed by atoms with Crippen LogP contribution in [0.5, 0.6) is 0 Å². The van der Waals surface area contributed by atoms with Gasteiger partial charge in [0.05, 0.1) is 6.26 Å². The number of aromatic nitrogens is 2. The van der Waals surface area contributed by atoms with Gasteiger partial charge in [0.25, 0.3) is 5.91 Å². The number of rotatable bonds is 11. The van der Waals surface area contributed by atoms with Crippen LogP contribution in [0.4, 0.5) is 0 Å². The van der Waals surface area contributed by atoms with Crippen LogP contribution in [0.25, 0.3) is 22.0 Å². The summed E-state index contributed by atoms with van der Waals surface area (Å²) in [5.74, 6) is 0.0393. The molecule has 2 aromatic carbocycles. The van der Waals surface area contributed by atoms with Gasteiger partial charge in [0, 0.05) is 84.5 Å². The first-order valence-corrected chi connectivity index (χ1v) is 20.8. The van der Waals surface area contributed by atoms with Gasteiger partial charge in [-0.3, -0.25) is 9.59 Å². The molecule has 3 aliphatic rings. The van der Waals surface area contributed by atoms with Crippen molar-refractivity contribution in [1.29, 1.82) is 0 Å². The fraction of sp³-hybridized carbons (Fsp3) is 0.459. The number of hydrogen-bond donors (Lipinski definition) is 3. The third kappa shape index (κ3) is 7.90. The van der Waals surface area contributed by atoms with Gasteiger partial charge in [0.1, 0.15) is 4.99 Å². The van der Waals surface area contributed by atoms with E-state index in [1.807, 2.05) is 18.2 Å². The number of thiazole rings is 1. The second-order valence-corrected chi connectivity index (χ2v) is 17.7. The summed E-state index contributed by atoms with van der Waals surface area (Å²) in [5, 5.41) is 9.57. The summed E-state index contributed by atoms with van der Waals surface area (Å²) in [6.07, 6.45) is 10.5. The number of hydrogen-bond acceptors (Lipinski definition) is 8. The number of carbonyl (C=O) groups is 2. The number of thiocarbonyl (C=S) groups is 1. The number of piperidine rings is 2. The molecule has 2 aromatic heterocycles. The Labute approximate surface area is 308 Å². The first kappa shape index (κ1) is 35.7.